The topological polar surface area (TPSA) is 64.2 Å². The zero-order valence-electron chi connectivity index (χ0n) is 16.4. The van der Waals surface area contributed by atoms with E-state index in [4.69, 9.17) is 11.6 Å². The van der Waals surface area contributed by atoms with E-state index >= 15 is 0 Å². The van der Waals surface area contributed by atoms with Gasteiger partial charge in [0.2, 0.25) is 11.8 Å². The molecule has 0 saturated carbocycles. The summed E-state index contributed by atoms with van der Waals surface area (Å²) in [6, 6.07) is 4.84. The predicted octanol–water partition coefficient (Wildman–Crippen LogP) is 1.83. The van der Waals surface area contributed by atoms with Gasteiger partial charge in [0.25, 0.3) is 0 Å². The Labute approximate surface area is 169 Å². The minimum absolute atomic E-state index is 0.217. The first-order chi connectivity index (χ1) is 13.4. The zero-order valence-corrected chi connectivity index (χ0v) is 17.2. The summed E-state index contributed by atoms with van der Waals surface area (Å²) in [5, 5.41) is 0.554. The highest BCUT2D eigenvalue weighted by Gasteiger charge is 2.64. The van der Waals surface area contributed by atoms with Gasteiger partial charge in [0.15, 0.2) is 5.41 Å². The van der Waals surface area contributed by atoms with Gasteiger partial charge in [-0.1, -0.05) is 17.7 Å². The Morgan fingerprint density at radius 2 is 1.71 bits per heavy atom. The van der Waals surface area contributed by atoms with Crippen molar-refractivity contribution < 1.29 is 14.4 Å². The number of rotatable bonds is 2. The highest BCUT2D eigenvalue weighted by atomic mass is 35.5. The second-order valence-corrected chi connectivity index (χ2v) is 8.15. The number of halogens is 1. The van der Waals surface area contributed by atoms with Crippen LogP contribution in [0.1, 0.15) is 19.4 Å². The maximum absolute atomic E-state index is 13.7. The first kappa shape index (κ1) is 19.2. The SMILES string of the molecule is CCN1C(=O)N(CC)C(=O)C2(Cc3c(Cl)cccc3N3CCN(C)C[C@H]32)C1=O. The van der Waals surface area contributed by atoms with Crippen molar-refractivity contribution in [3.05, 3.63) is 28.8 Å². The van der Waals surface area contributed by atoms with Crippen LogP contribution in [0.15, 0.2) is 18.2 Å². The molecule has 3 heterocycles. The first-order valence-corrected chi connectivity index (χ1v) is 10.1. The van der Waals surface area contributed by atoms with Gasteiger partial charge in [0.05, 0.1) is 6.04 Å². The van der Waals surface area contributed by atoms with Gasteiger partial charge in [-0.05, 0) is 38.6 Å². The molecule has 150 valence electrons. The van der Waals surface area contributed by atoms with E-state index in [1.165, 1.54) is 9.80 Å². The van der Waals surface area contributed by atoms with E-state index in [0.717, 1.165) is 17.8 Å². The van der Waals surface area contributed by atoms with Crippen LogP contribution in [0.2, 0.25) is 5.02 Å². The molecule has 4 rings (SSSR count). The molecular formula is C20H25ClN4O3. The van der Waals surface area contributed by atoms with E-state index in [0.29, 0.717) is 18.1 Å². The Morgan fingerprint density at radius 1 is 1.07 bits per heavy atom. The van der Waals surface area contributed by atoms with Crippen molar-refractivity contribution in [2.75, 3.05) is 44.7 Å². The number of urea groups is 1. The summed E-state index contributed by atoms with van der Waals surface area (Å²) in [5.74, 6) is -0.795. The average Bonchev–Trinajstić information content (AvgIpc) is 2.67. The van der Waals surface area contributed by atoms with Crippen LogP contribution in [0, 0.1) is 5.41 Å². The Balaban J connectivity index is 1.94. The molecule has 8 heteroatoms. The Bertz CT molecular complexity index is 832. The molecule has 2 saturated heterocycles. The van der Waals surface area contributed by atoms with Gasteiger partial charge in [-0.25, -0.2) is 4.79 Å². The number of amides is 4. The fraction of sp³-hybridized carbons (Fsp3) is 0.550. The predicted molar refractivity (Wildman–Crippen MR) is 106 cm³/mol. The molecule has 0 unspecified atom stereocenters. The Morgan fingerprint density at radius 3 is 2.32 bits per heavy atom. The van der Waals surface area contributed by atoms with E-state index in [-0.39, 0.29) is 25.6 Å². The number of likely N-dealkylation sites (N-methyl/N-ethyl adjacent to an activating group) is 1. The molecule has 1 spiro atoms. The molecule has 0 aromatic heterocycles. The van der Waals surface area contributed by atoms with Crippen molar-refractivity contribution in [2.24, 2.45) is 5.41 Å². The van der Waals surface area contributed by atoms with Crippen molar-refractivity contribution in [3.8, 4) is 0 Å². The van der Waals surface area contributed by atoms with E-state index in [9.17, 15) is 14.4 Å². The molecule has 3 aliphatic rings. The second kappa shape index (κ2) is 6.74. The number of fused-ring (bicyclic) bond motifs is 4. The fourth-order valence-electron chi connectivity index (χ4n) is 4.90. The van der Waals surface area contributed by atoms with Gasteiger partial charge in [-0.3, -0.25) is 19.4 Å². The number of hydrogen-bond acceptors (Lipinski definition) is 5. The van der Waals surface area contributed by atoms with Crippen LogP contribution in [-0.4, -0.2) is 78.4 Å². The number of carbonyl (C=O) groups is 3. The molecule has 28 heavy (non-hydrogen) atoms. The van der Waals surface area contributed by atoms with Gasteiger partial charge in [-0.15, -0.1) is 0 Å². The van der Waals surface area contributed by atoms with Gasteiger partial charge in [0.1, 0.15) is 0 Å². The molecule has 4 amide bonds. The highest BCUT2D eigenvalue weighted by Crippen LogP contribution is 2.48. The van der Waals surface area contributed by atoms with Gasteiger partial charge in [0, 0.05) is 49.9 Å². The van der Waals surface area contributed by atoms with E-state index in [2.05, 4.69) is 9.80 Å². The van der Waals surface area contributed by atoms with Gasteiger partial charge >= 0.3 is 6.03 Å². The monoisotopic (exact) mass is 404 g/mol. The third-order valence-electron chi connectivity index (χ3n) is 6.36. The number of benzene rings is 1. The van der Waals surface area contributed by atoms with Gasteiger partial charge < -0.3 is 9.80 Å². The zero-order chi connectivity index (χ0) is 20.2. The van der Waals surface area contributed by atoms with Crippen molar-refractivity contribution in [3.63, 3.8) is 0 Å². The molecule has 0 bridgehead atoms. The smallest absolute Gasteiger partial charge is 0.333 e. The van der Waals surface area contributed by atoms with Crippen LogP contribution in [-0.2, 0) is 16.0 Å². The molecule has 0 aliphatic carbocycles. The summed E-state index contributed by atoms with van der Waals surface area (Å²) in [5.41, 5.74) is 0.458. The number of piperazine rings is 1. The van der Waals surface area contributed by atoms with Crippen LogP contribution in [0.3, 0.4) is 0 Å². The van der Waals surface area contributed by atoms with Crippen molar-refractivity contribution in [1.82, 2.24) is 14.7 Å². The molecule has 0 radical (unpaired) electrons. The van der Waals surface area contributed by atoms with E-state index in [1.807, 2.05) is 19.2 Å². The number of imide groups is 2. The summed E-state index contributed by atoms with van der Waals surface area (Å²) in [4.78, 5) is 46.8. The molecule has 1 aromatic rings. The first-order valence-electron chi connectivity index (χ1n) is 9.77. The van der Waals surface area contributed by atoms with E-state index < -0.39 is 23.3 Å². The highest BCUT2D eigenvalue weighted by molar-refractivity contribution is 6.32. The molecule has 1 aromatic carbocycles. The summed E-state index contributed by atoms with van der Waals surface area (Å²) in [6.45, 7) is 6.11. The third kappa shape index (κ3) is 2.42. The molecule has 0 N–H and O–H groups in total. The molecular weight excluding hydrogens is 380 g/mol. The average molecular weight is 405 g/mol. The van der Waals surface area contributed by atoms with Crippen LogP contribution < -0.4 is 4.90 Å². The summed E-state index contributed by atoms with van der Waals surface area (Å²) in [7, 11) is 2.00. The minimum atomic E-state index is -1.34. The van der Waals surface area contributed by atoms with Crippen molar-refractivity contribution in [2.45, 2.75) is 26.3 Å². The fourth-order valence-corrected chi connectivity index (χ4v) is 5.14. The lowest BCUT2D eigenvalue weighted by atomic mass is 9.67. The number of barbiturate groups is 1. The number of nitrogens with zero attached hydrogens (tertiary/aromatic N) is 4. The van der Waals surface area contributed by atoms with Crippen LogP contribution >= 0.6 is 11.6 Å². The summed E-state index contributed by atoms with van der Waals surface area (Å²) >= 11 is 6.52. The van der Waals surface area contributed by atoms with Crippen molar-refractivity contribution >= 4 is 35.1 Å². The maximum Gasteiger partial charge on any atom is 0.333 e. The van der Waals surface area contributed by atoms with Gasteiger partial charge in [-0.2, -0.15) is 0 Å². The standard InChI is InChI=1S/C20H25ClN4O3/c1-4-23-17(26)20(18(27)24(5-2)19(23)28)11-13-14(21)7-6-8-15(13)25-10-9-22(3)12-16(20)25/h6-8,16H,4-5,9-12H2,1-3H3/t16-/m0/s1. The molecule has 2 fully saturated rings. The van der Waals surface area contributed by atoms with E-state index in [1.54, 1.807) is 19.9 Å². The van der Waals surface area contributed by atoms with Crippen LogP contribution in [0.5, 0.6) is 0 Å². The number of carbonyl (C=O) groups excluding carboxylic acids is 3. The quantitative estimate of drug-likeness (QED) is 0.704. The lowest BCUT2D eigenvalue weighted by Crippen LogP contribution is -2.75. The second-order valence-electron chi connectivity index (χ2n) is 7.74. The van der Waals surface area contributed by atoms with Crippen LogP contribution in [0.25, 0.3) is 0 Å². The lowest BCUT2D eigenvalue weighted by Gasteiger charge is -2.56. The summed E-state index contributed by atoms with van der Waals surface area (Å²) < 4.78 is 0. The maximum atomic E-state index is 13.7. The molecule has 1 atom stereocenters. The Kier molecular flexibility index (Phi) is 4.62. The minimum Gasteiger partial charge on any atom is -0.364 e. The third-order valence-corrected chi connectivity index (χ3v) is 6.71. The molecule has 7 nitrogen and oxygen atoms in total. The number of anilines is 1. The number of hydrogen-bond donors (Lipinski definition) is 0. The largest absolute Gasteiger partial charge is 0.364 e. The lowest BCUT2D eigenvalue weighted by molar-refractivity contribution is -0.161. The van der Waals surface area contributed by atoms with Crippen molar-refractivity contribution in [1.29, 1.82) is 0 Å². The molecule has 3 aliphatic heterocycles. The Hall–Kier alpha value is -2.12. The summed E-state index contributed by atoms with van der Waals surface area (Å²) in [6.07, 6.45) is 0.217. The van der Waals surface area contributed by atoms with Crippen LogP contribution in [0.4, 0.5) is 10.5 Å². The normalized spacial score (nSPS) is 24.6.